The summed E-state index contributed by atoms with van der Waals surface area (Å²) >= 11 is 0. The van der Waals surface area contributed by atoms with Crippen molar-refractivity contribution >= 4 is 29.6 Å². The van der Waals surface area contributed by atoms with Crippen molar-refractivity contribution in [2.75, 3.05) is 31.1 Å². The highest BCUT2D eigenvalue weighted by molar-refractivity contribution is 5.86. The van der Waals surface area contributed by atoms with Crippen molar-refractivity contribution in [1.82, 2.24) is 10.2 Å². The second-order valence-corrected chi connectivity index (χ2v) is 12.7. The lowest BCUT2D eigenvalue weighted by Gasteiger charge is -2.32. The highest BCUT2D eigenvalue weighted by Crippen LogP contribution is 2.27. The predicted molar refractivity (Wildman–Crippen MR) is 160 cm³/mol. The molecule has 44 heavy (non-hydrogen) atoms. The van der Waals surface area contributed by atoms with Crippen LogP contribution in [0.5, 0.6) is 0 Å². The first-order valence-corrected chi connectivity index (χ1v) is 15.2. The van der Waals surface area contributed by atoms with E-state index in [9.17, 15) is 18.8 Å². The summed E-state index contributed by atoms with van der Waals surface area (Å²) in [5.41, 5.74) is 0.0894. The van der Waals surface area contributed by atoms with Crippen LogP contribution in [-0.4, -0.2) is 78.8 Å². The van der Waals surface area contributed by atoms with E-state index in [4.69, 9.17) is 19.0 Å². The number of oxime groups is 1. The van der Waals surface area contributed by atoms with Crippen molar-refractivity contribution in [3.63, 3.8) is 0 Å². The zero-order chi connectivity index (χ0) is 32.6. The summed E-state index contributed by atoms with van der Waals surface area (Å²) in [5.74, 6) is -2.45. The fourth-order valence-electron chi connectivity index (χ4n) is 4.77. The third-order valence-electron chi connectivity index (χ3n) is 7.13. The van der Waals surface area contributed by atoms with E-state index in [0.29, 0.717) is 51.9 Å². The molecule has 0 saturated carbocycles. The largest absolute Gasteiger partial charge is 0.459 e. The highest BCUT2D eigenvalue weighted by atomic mass is 19.1. The number of rotatable bonds is 9. The molecule has 1 atom stereocenters. The molecule has 1 aromatic carbocycles. The average Bonchev–Trinajstić information content (AvgIpc) is 2.94. The summed E-state index contributed by atoms with van der Waals surface area (Å²) in [7, 11) is 0. The Balaban J connectivity index is 1.49. The van der Waals surface area contributed by atoms with E-state index in [-0.39, 0.29) is 35.5 Å². The first-order valence-electron chi connectivity index (χ1n) is 15.2. The number of carbonyl (C=O) groups excluding carboxylic acids is 3. The van der Waals surface area contributed by atoms with E-state index in [0.717, 1.165) is 17.8 Å². The number of halogens is 2. The lowest BCUT2D eigenvalue weighted by molar-refractivity contribution is -0.148. The minimum atomic E-state index is -1.02. The van der Waals surface area contributed by atoms with Crippen LogP contribution in [0.15, 0.2) is 17.3 Å². The molecule has 0 aromatic heterocycles. The fourth-order valence-corrected chi connectivity index (χ4v) is 4.77. The van der Waals surface area contributed by atoms with Gasteiger partial charge in [0, 0.05) is 63.5 Å². The predicted octanol–water partition coefficient (Wildman–Crippen LogP) is 5.54. The van der Waals surface area contributed by atoms with Gasteiger partial charge in [0.05, 0.1) is 17.5 Å². The zero-order valence-corrected chi connectivity index (χ0v) is 26.8. The van der Waals surface area contributed by atoms with Crippen LogP contribution < -0.4 is 10.2 Å². The van der Waals surface area contributed by atoms with Gasteiger partial charge in [-0.2, -0.15) is 0 Å². The van der Waals surface area contributed by atoms with Crippen molar-refractivity contribution < 1.29 is 42.2 Å². The van der Waals surface area contributed by atoms with Crippen LogP contribution in [0, 0.1) is 17.6 Å². The van der Waals surface area contributed by atoms with Gasteiger partial charge in [-0.15, -0.1) is 0 Å². The zero-order valence-electron chi connectivity index (χ0n) is 26.8. The van der Waals surface area contributed by atoms with E-state index in [1.54, 1.807) is 44.4 Å². The third kappa shape index (κ3) is 10.5. The molecule has 2 fully saturated rings. The van der Waals surface area contributed by atoms with E-state index in [1.807, 2.05) is 13.8 Å². The quantitative estimate of drug-likeness (QED) is 0.216. The van der Waals surface area contributed by atoms with Crippen LogP contribution in [0.25, 0.3) is 0 Å². The molecule has 1 aromatic rings. The number of carbonyl (C=O) groups is 3. The Kier molecular flexibility index (Phi) is 12.2. The number of alkyl carbamates (subject to hydrolysis) is 1. The first-order chi connectivity index (χ1) is 20.6. The Morgan fingerprint density at radius 3 is 2.20 bits per heavy atom. The van der Waals surface area contributed by atoms with Gasteiger partial charge in [-0.25, -0.2) is 23.2 Å². The maximum Gasteiger partial charge on any atom is 0.410 e. The van der Waals surface area contributed by atoms with E-state index < -0.39 is 41.9 Å². The Labute approximate surface area is 258 Å². The molecule has 1 N–H and O–H groups in total. The molecule has 3 rings (SSSR count). The van der Waals surface area contributed by atoms with Crippen LogP contribution in [0.1, 0.15) is 79.7 Å². The second kappa shape index (κ2) is 15.4. The Hall–Kier alpha value is -3.64. The summed E-state index contributed by atoms with van der Waals surface area (Å²) < 4.78 is 45.8. The van der Waals surface area contributed by atoms with Crippen LogP contribution >= 0.6 is 0 Å². The SMILES string of the molecule is CC(C)OC(=O)N1CCC(ON=C2CCN(c3cc(F)c(COC(=O)C(NC(=O)OC(C)(C)C)C(C)C)cc3F)CC2)CC1. The van der Waals surface area contributed by atoms with Crippen molar-refractivity contribution in [2.45, 2.75) is 105 Å². The molecule has 11 nitrogen and oxygen atoms in total. The molecule has 2 heterocycles. The molecule has 0 aliphatic carbocycles. The van der Waals surface area contributed by atoms with Gasteiger partial charge < -0.3 is 34.2 Å². The van der Waals surface area contributed by atoms with Crippen LogP contribution in [0.4, 0.5) is 24.1 Å². The van der Waals surface area contributed by atoms with E-state index >= 15 is 4.39 Å². The maximum absolute atomic E-state index is 15.1. The summed E-state index contributed by atoms with van der Waals surface area (Å²) in [6.45, 7) is 13.6. The number of likely N-dealkylation sites (tertiary alicyclic amines) is 1. The molecule has 0 bridgehead atoms. The summed E-state index contributed by atoms with van der Waals surface area (Å²) in [6.07, 6.45) is 1.01. The number of amides is 2. The number of nitrogens with one attached hydrogen (secondary N) is 1. The first kappa shape index (κ1) is 34.8. The topological polar surface area (TPSA) is 119 Å². The minimum absolute atomic E-state index is 0.0966. The van der Waals surface area contributed by atoms with Gasteiger partial charge in [0.1, 0.15) is 36.0 Å². The van der Waals surface area contributed by atoms with E-state index in [2.05, 4.69) is 10.5 Å². The van der Waals surface area contributed by atoms with E-state index in [1.165, 1.54) is 0 Å². The number of ether oxygens (including phenoxy) is 3. The molecule has 2 aliphatic heterocycles. The molecule has 13 heteroatoms. The van der Waals surface area contributed by atoms with Gasteiger partial charge in [-0.1, -0.05) is 19.0 Å². The van der Waals surface area contributed by atoms with Gasteiger partial charge in [0.25, 0.3) is 0 Å². The number of hydrogen-bond donors (Lipinski definition) is 1. The van der Waals surface area contributed by atoms with Crippen LogP contribution in [0.2, 0.25) is 0 Å². The second-order valence-electron chi connectivity index (χ2n) is 12.7. The maximum atomic E-state index is 15.1. The third-order valence-corrected chi connectivity index (χ3v) is 7.13. The number of hydrogen-bond acceptors (Lipinski definition) is 9. The molecule has 0 radical (unpaired) electrons. The van der Waals surface area contributed by atoms with Gasteiger partial charge in [0.15, 0.2) is 0 Å². The molecule has 1 unspecified atom stereocenters. The van der Waals surface area contributed by atoms with Crippen LogP contribution in [-0.2, 0) is 30.4 Å². The van der Waals surface area contributed by atoms with Crippen LogP contribution in [0.3, 0.4) is 0 Å². The lowest BCUT2D eigenvalue weighted by Crippen LogP contribution is -2.47. The number of piperidine rings is 2. The summed E-state index contributed by atoms with van der Waals surface area (Å²) in [6, 6.07) is 1.11. The van der Waals surface area contributed by atoms with Gasteiger partial charge >= 0.3 is 18.2 Å². The molecule has 2 aliphatic rings. The Bertz CT molecular complexity index is 1180. The minimum Gasteiger partial charge on any atom is -0.459 e. The number of esters is 1. The van der Waals surface area contributed by atoms with Gasteiger partial charge in [0.2, 0.25) is 0 Å². The summed E-state index contributed by atoms with van der Waals surface area (Å²) in [4.78, 5) is 46.0. The monoisotopic (exact) mass is 624 g/mol. The molecular formula is C31H46F2N4O7. The Morgan fingerprint density at radius 1 is 1.00 bits per heavy atom. The number of benzene rings is 1. The number of anilines is 1. The number of nitrogens with zero attached hydrogens (tertiary/aromatic N) is 3. The molecule has 246 valence electrons. The molecule has 2 amide bonds. The standard InChI is InChI=1S/C31H46F2N4O7/c1-19(2)27(34-29(39)43-31(5,6)7)28(38)41-18-21-16-25(33)26(17-24(21)32)36-12-8-22(9-13-36)35-44-23-10-14-37(15-11-23)30(40)42-20(3)4/h16-17,19-20,23,27H,8-15,18H2,1-7H3,(H,34,39). The lowest BCUT2D eigenvalue weighted by atomic mass is 10.0. The van der Waals surface area contributed by atoms with Gasteiger partial charge in [-0.05, 0) is 46.6 Å². The van der Waals surface area contributed by atoms with Crippen molar-refractivity contribution in [2.24, 2.45) is 11.1 Å². The molecule has 0 spiro atoms. The average molecular weight is 625 g/mol. The fraction of sp³-hybridized carbons (Fsp3) is 0.677. The van der Waals surface area contributed by atoms with Crippen molar-refractivity contribution in [1.29, 1.82) is 0 Å². The molecular weight excluding hydrogens is 578 g/mol. The normalized spacial score (nSPS) is 16.9. The van der Waals surface area contributed by atoms with Crippen molar-refractivity contribution in [3.05, 3.63) is 29.3 Å². The van der Waals surface area contributed by atoms with Gasteiger partial charge in [-0.3, -0.25) is 0 Å². The summed E-state index contributed by atoms with van der Waals surface area (Å²) in [5, 5.41) is 6.80. The van der Waals surface area contributed by atoms with Crippen molar-refractivity contribution in [3.8, 4) is 0 Å². The Morgan fingerprint density at radius 2 is 1.64 bits per heavy atom. The highest BCUT2D eigenvalue weighted by Gasteiger charge is 2.29. The molecule has 2 saturated heterocycles. The smallest absolute Gasteiger partial charge is 0.410 e.